The second kappa shape index (κ2) is 4.28. The van der Waals surface area contributed by atoms with Crippen LogP contribution in [0.3, 0.4) is 0 Å². The lowest BCUT2D eigenvalue weighted by molar-refractivity contribution is 0.863. The largest absolute Gasteiger partial charge is 0.312 e. The van der Waals surface area contributed by atoms with Gasteiger partial charge in [-0.1, -0.05) is 0 Å². The Morgan fingerprint density at radius 1 is 1.38 bits per heavy atom. The minimum atomic E-state index is -0.138. The first-order chi connectivity index (χ1) is 7.59. The third kappa shape index (κ3) is 1.97. The van der Waals surface area contributed by atoms with E-state index < -0.39 is 0 Å². The monoisotopic (exact) mass is 330 g/mol. The molecule has 2 heterocycles. The summed E-state index contributed by atoms with van der Waals surface area (Å²) in [6.45, 7) is 3.97. The molecule has 0 saturated heterocycles. The van der Waals surface area contributed by atoms with Gasteiger partial charge in [0.25, 0.3) is 5.56 Å². The fourth-order valence-electron chi connectivity index (χ4n) is 1.41. The van der Waals surface area contributed by atoms with E-state index in [1.54, 1.807) is 0 Å². The molecule has 0 saturated carbocycles. The first kappa shape index (κ1) is 11.2. The number of aromatic amines is 1. The molecule has 0 aliphatic heterocycles. The molecule has 2 N–H and O–H groups in total. The lowest BCUT2D eigenvalue weighted by atomic mass is 10.5. The van der Waals surface area contributed by atoms with E-state index in [4.69, 9.17) is 0 Å². The van der Waals surface area contributed by atoms with Crippen molar-refractivity contribution >= 4 is 28.4 Å². The summed E-state index contributed by atoms with van der Waals surface area (Å²) in [6.07, 6.45) is 1.39. The smallest absolute Gasteiger partial charge is 0.266 e. The molecule has 0 spiro atoms. The number of nitrogens with one attached hydrogen (secondary N) is 2. The van der Waals surface area contributed by atoms with Crippen LogP contribution in [0.25, 0.3) is 0 Å². The van der Waals surface area contributed by atoms with Crippen LogP contribution in [0.2, 0.25) is 0 Å². The fraction of sp³-hybridized carbons (Fsp3) is 0.200. The predicted octanol–water partition coefficient (Wildman–Crippen LogP) is 1.67. The molecule has 0 aromatic carbocycles. The number of aromatic nitrogens is 3. The molecule has 0 amide bonds. The Morgan fingerprint density at radius 2 is 2.00 bits per heavy atom. The van der Waals surface area contributed by atoms with Crippen molar-refractivity contribution in [1.82, 2.24) is 14.6 Å². The standard InChI is InChI=1S/C10H11IN4O/c1-6-3-4-7(2)15(6)14-9-8(11)10(16)13-5-12-9/h3-5H,1-2H3,(H2,12,13,14,16). The number of halogens is 1. The van der Waals surface area contributed by atoms with E-state index in [2.05, 4.69) is 15.4 Å². The average molecular weight is 330 g/mol. The van der Waals surface area contributed by atoms with Crippen LogP contribution in [-0.4, -0.2) is 14.6 Å². The van der Waals surface area contributed by atoms with Gasteiger partial charge in [-0.2, -0.15) is 0 Å². The summed E-state index contributed by atoms with van der Waals surface area (Å²) >= 11 is 1.97. The van der Waals surface area contributed by atoms with Crippen molar-refractivity contribution in [2.75, 3.05) is 5.43 Å². The lowest BCUT2D eigenvalue weighted by Crippen LogP contribution is -2.19. The van der Waals surface area contributed by atoms with Crippen LogP contribution >= 0.6 is 22.6 Å². The van der Waals surface area contributed by atoms with Gasteiger partial charge in [0.15, 0.2) is 5.82 Å². The van der Waals surface area contributed by atoms with Gasteiger partial charge in [0.1, 0.15) is 3.57 Å². The van der Waals surface area contributed by atoms with Crippen molar-refractivity contribution in [3.05, 3.63) is 43.8 Å². The Labute approximate surface area is 106 Å². The summed E-state index contributed by atoms with van der Waals surface area (Å²) in [5.41, 5.74) is 5.10. The van der Waals surface area contributed by atoms with Gasteiger partial charge in [-0.05, 0) is 48.6 Å². The molecule has 0 atom stereocenters. The van der Waals surface area contributed by atoms with Crippen molar-refractivity contribution < 1.29 is 0 Å². The highest BCUT2D eigenvalue weighted by Gasteiger charge is 2.07. The quantitative estimate of drug-likeness (QED) is 0.824. The number of aryl methyl sites for hydroxylation is 2. The van der Waals surface area contributed by atoms with Gasteiger partial charge in [0.2, 0.25) is 0 Å². The van der Waals surface area contributed by atoms with Crippen molar-refractivity contribution in [2.45, 2.75) is 13.8 Å². The highest BCUT2D eigenvalue weighted by molar-refractivity contribution is 14.1. The van der Waals surface area contributed by atoms with Crippen LogP contribution in [0.1, 0.15) is 11.4 Å². The fourth-order valence-corrected chi connectivity index (χ4v) is 1.83. The van der Waals surface area contributed by atoms with Crippen LogP contribution in [0.15, 0.2) is 23.3 Å². The minimum absolute atomic E-state index is 0.138. The van der Waals surface area contributed by atoms with E-state index >= 15 is 0 Å². The number of H-pyrrole nitrogens is 1. The Kier molecular flexibility index (Phi) is 2.99. The van der Waals surface area contributed by atoms with E-state index in [1.165, 1.54) is 6.33 Å². The van der Waals surface area contributed by atoms with Crippen LogP contribution in [0.4, 0.5) is 5.82 Å². The Balaban J connectivity index is 2.42. The van der Waals surface area contributed by atoms with Crippen molar-refractivity contribution in [1.29, 1.82) is 0 Å². The minimum Gasteiger partial charge on any atom is -0.312 e. The molecule has 16 heavy (non-hydrogen) atoms. The van der Waals surface area contributed by atoms with Gasteiger partial charge < -0.3 is 4.98 Å². The van der Waals surface area contributed by atoms with Gasteiger partial charge >= 0.3 is 0 Å². The van der Waals surface area contributed by atoms with Gasteiger partial charge in [0, 0.05) is 11.4 Å². The molecule has 84 valence electrons. The first-order valence-electron chi connectivity index (χ1n) is 4.75. The number of hydrogen-bond donors (Lipinski definition) is 2. The molecule has 0 aliphatic rings. The normalized spacial score (nSPS) is 10.4. The summed E-state index contributed by atoms with van der Waals surface area (Å²) in [7, 11) is 0. The summed E-state index contributed by atoms with van der Waals surface area (Å²) in [5, 5.41) is 0. The van der Waals surface area contributed by atoms with Crippen LogP contribution < -0.4 is 11.0 Å². The second-order valence-electron chi connectivity index (χ2n) is 3.46. The maximum absolute atomic E-state index is 11.4. The molecule has 0 radical (unpaired) electrons. The van der Waals surface area contributed by atoms with Gasteiger partial charge in [0.05, 0.1) is 6.33 Å². The van der Waals surface area contributed by atoms with E-state index in [-0.39, 0.29) is 5.56 Å². The Morgan fingerprint density at radius 3 is 2.62 bits per heavy atom. The summed E-state index contributed by atoms with van der Waals surface area (Å²) in [6, 6.07) is 4.00. The van der Waals surface area contributed by atoms with E-state index in [0.717, 1.165) is 11.4 Å². The number of nitrogens with zero attached hydrogens (tertiary/aromatic N) is 2. The van der Waals surface area contributed by atoms with Crippen LogP contribution in [0, 0.1) is 17.4 Å². The molecule has 6 heteroatoms. The second-order valence-corrected chi connectivity index (χ2v) is 4.54. The van der Waals surface area contributed by atoms with Crippen LogP contribution in [0.5, 0.6) is 0 Å². The molecule has 2 aromatic heterocycles. The lowest BCUT2D eigenvalue weighted by Gasteiger charge is -2.12. The maximum Gasteiger partial charge on any atom is 0.266 e. The van der Waals surface area contributed by atoms with Gasteiger partial charge in [-0.15, -0.1) is 0 Å². The highest BCUT2D eigenvalue weighted by atomic mass is 127. The summed E-state index contributed by atoms with van der Waals surface area (Å²) in [5.74, 6) is 0.562. The van der Waals surface area contributed by atoms with Crippen molar-refractivity contribution in [3.63, 3.8) is 0 Å². The zero-order valence-electron chi connectivity index (χ0n) is 8.91. The van der Waals surface area contributed by atoms with Crippen molar-refractivity contribution in [2.24, 2.45) is 0 Å². The first-order valence-corrected chi connectivity index (χ1v) is 5.82. The van der Waals surface area contributed by atoms with E-state index in [0.29, 0.717) is 9.39 Å². The maximum atomic E-state index is 11.4. The summed E-state index contributed by atoms with van der Waals surface area (Å²) in [4.78, 5) is 18.0. The average Bonchev–Trinajstić information content (AvgIpc) is 2.56. The molecule has 0 bridgehead atoms. The molecule has 2 rings (SSSR count). The topological polar surface area (TPSA) is 62.7 Å². The Hall–Kier alpha value is -1.31. The Bertz CT molecular complexity index is 553. The number of anilines is 1. The van der Waals surface area contributed by atoms with Crippen LogP contribution in [-0.2, 0) is 0 Å². The third-order valence-corrected chi connectivity index (χ3v) is 3.29. The van der Waals surface area contributed by atoms with E-state index in [1.807, 2.05) is 53.2 Å². The summed E-state index contributed by atoms with van der Waals surface area (Å²) < 4.78 is 2.44. The third-order valence-electron chi connectivity index (χ3n) is 2.29. The molecule has 0 fully saturated rings. The molecule has 2 aromatic rings. The SMILES string of the molecule is Cc1ccc(C)n1Nc1nc[nH]c(=O)c1I. The molecule has 0 aliphatic carbocycles. The molecule has 0 unspecified atom stereocenters. The number of hydrogen-bond acceptors (Lipinski definition) is 3. The van der Waals surface area contributed by atoms with Crippen molar-refractivity contribution in [3.8, 4) is 0 Å². The molecular formula is C10H11IN4O. The number of rotatable bonds is 2. The highest BCUT2D eigenvalue weighted by Crippen LogP contribution is 2.12. The van der Waals surface area contributed by atoms with Gasteiger partial charge in [-0.25, -0.2) is 4.98 Å². The predicted molar refractivity (Wildman–Crippen MR) is 70.5 cm³/mol. The molecule has 5 nitrogen and oxygen atoms in total. The zero-order valence-corrected chi connectivity index (χ0v) is 11.1. The van der Waals surface area contributed by atoms with Gasteiger partial charge in [-0.3, -0.25) is 14.9 Å². The van der Waals surface area contributed by atoms with E-state index in [9.17, 15) is 4.79 Å². The zero-order chi connectivity index (χ0) is 11.7. The molecular weight excluding hydrogens is 319 g/mol.